The molecule has 0 saturated heterocycles. The molecule has 0 aliphatic heterocycles. The van der Waals surface area contributed by atoms with Crippen molar-refractivity contribution in [3.8, 4) is 5.75 Å². The van der Waals surface area contributed by atoms with Crippen LogP contribution in [-0.4, -0.2) is 29.3 Å². The van der Waals surface area contributed by atoms with Crippen LogP contribution in [0.5, 0.6) is 5.75 Å². The molecular weight excluding hydrogens is 338 g/mol. The van der Waals surface area contributed by atoms with Gasteiger partial charge in [-0.3, -0.25) is 4.90 Å². The molecule has 1 aromatic heterocycles. The van der Waals surface area contributed by atoms with Gasteiger partial charge in [0.2, 0.25) is 0 Å². The minimum atomic E-state index is -0.593. The highest BCUT2D eigenvalue weighted by molar-refractivity contribution is 5.31. The zero-order valence-corrected chi connectivity index (χ0v) is 16.0. The van der Waals surface area contributed by atoms with Gasteiger partial charge in [0.25, 0.3) is 0 Å². The van der Waals surface area contributed by atoms with E-state index < -0.39 is 6.10 Å². The standard InChI is InChI=1S/C23H27NO3/c1-18-7-5-9-20(13-18)14-24(16-22-10-6-12-26-22)15-21(25)17-27-23-11-4-3-8-19(23)2/h3-13,21,25H,14-17H2,1-2H3/t21-/m0/s1. The fourth-order valence-corrected chi connectivity index (χ4v) is 3.13. The molecule has 1 atom stereocenters. The Hall–Kier alpha value is -2.56. The monoisotopic (exact) mass is 365 g/mol. The third-order valence-electron chi connectivity index (χ3n) is 4.44. The molecule has 1 N–H and O–H groups in total. The number of aryl methyl sites for hydroxylation is 2. The minimum Gasteiger partial charge on any atom is -0.491 e. The van der Waals surface area contributed by atoms with Crippen LogP contribution in [0.3, 0.4) is 0 Å². The summed E-state index contributed by atoms with van der Waals surface area (Å²) in [6, 6.07) is 20.1. The van der Waals surface area contributed by atoms with Crippen molar-refractivity contribution in [2.24, 2.45) is 0 Å². The first-order chi connectivity index (χ1) is 13.1. The number of hydrogen-bond donors (Lipinski definition) is 1. The maximum Gasteiger partial charge on any atom is 0.122 e. The molecule has 0 radical (unpaired) electrons. The Morgan fingerprint density at radius 1 is 1.00 bits per heavy atom. The topological polar surface area (TPSA) is 45.8 Å². The van der Waals surface area contributed by atoms with Gasteiger partial charge in [-0.05, 0) is 43.2 Å². The molecule has 4 heteroatoms. The Bertz CT molecular complexity index is 829. The Labute approximate surface area is 161 Å². The summed E-state index contributed by atoms with van der Waals surface area (Å²) in [5, 5.41) is 10.5. The van der Waals surface area contributed by atoms with Gasteiger partial charge >= 0.3 is 0 Å². The number of aliphatic hydroxyl groups excluding tert-OH is 1. The molecule has 0 bridgehead atoms. The summed E-state index contributed by atoms with van der Waals surface area (Å²) in [5.41, 5.74) is 3.51. The maximum absolute atomic E-state index is 10.5. The van der Waals surface area contributed by atoms with Crippen LogP contribution in [-0.2, 0) is 13.1 Å². The predicted molar refractivity (Wildman–Crippen MR) is 107 cm³/mol. The molecule has 0 spiro atoms. The summed E-state index contributed by atoms with van der Waals surface area (Å²) >= 11 is 0. The van der Waals surface area contributed by atoms with E-state index >= 15 is 0 Å². The SMILES string of the molecule is Cc1cccc(CN(Cc2ccco2)C[C@H](O)COc2ccccc2C)c1. The number of hydrogen-bond acceptors (Lipinski definition) is 4. The number of aliphatic hydroxyl groups is 1. The lowest BCUT2D eigenvalue weighted by Crippen LogP contribution is -2.35. The van der Waals surface area contributed by atoms with Crippen molar-refractivity contribution in [3.05, 3.63) is 89.4 Å². The van der Waals surface area contributed by atoms with Crippen molar-refractivity contribution in [1.29, 1.82) is 0 Å². The van der Waals surface area contributed by atoms with E-state index in [1.165, 1.54) is 11.1 Å². The first kappa shape index (κ1) is 19.2. The van der Waals surface area contributed by atoms with Crippen molar-refractivity contribution in [2.75, 3.05) is 13.2 Å². The second kappa shape index (κ2) is 9.40. The Kier molecular flexibility index (Phi) is 6.69. The van der Waals surface area contributed by atoms with Gasteiger partial charge in [-0.1, -0.05) is 48.0 Å². The van der Waals surface area contributed by atoms with Crippen molar-refractivity contribution in [1.82, 2.24) is 4.90 Å². The molecule has 27 heavy (non-hydrogen) atoms. The second-order valence-electron chi connectivity index (χ2n) is 6.97. The van der Waals surface area contributed by atoms with Gasteiger partial charge in [-0.25, -0.2) is 0 Å². The summed E-state index contributed by atoms with van der Waals surface area (Å²) in [5.74, 6) is 1.70. The normalized spacial score (nSPS) is 12.3. The fraction of sp³-hybridized carbons (Fsp3) is 0.304. The van der Waals surface area contributed by atoms with Crippen LogP contribution < -0.4 is 4.74 Å². The number of para-hydroxylation sites is 1. The molecule has 3 rings (SSSR count). The molecule has 4 nitrogen and oxygen atoms in total. The van der Waals surface area contributed by atoms with Crippen molar-refractivity contribution in [3.63, 3.8) is 0 Å². The van der Waals surface area contributed by atoms with Crippen molar-refractivity contribution < 1.29 is 14.3 Å². The van der Waals surface area contributed by atoms with E-state index in [-0.39, 0.29) is 6.61 Å². The number of nitrogens with zero attached hydrogens (tertiary/aromatic N) is 1. The van der Waals surface area contributed by atoms with E-state index in [1.54, 1.807) is 6.26 Å². The summed E-state index contributed by atoms with van der Waals surface area (Å²) < 4.78 is 11.3. The van der Waals surface area contributed by atoms with Gasteiger partial charge in [0.15, 0.2) is 0 Å². The summed E-state index contributed by atoms with van der Waals surface area (Å²) in [6.07, 6.45) is 1.09. The van der Waals surface area contributed by atoms with Crippen LogP contribution in [0, 0.1) is 13.8 Å². The summed E-state index contributed by atoms with van der Waals surface area (Å²) in [4.78, 5) is 2.18. The Morgan fingerprint density at radius 2 is 1.85 bits per heavy atom. The number of ether oxygens (including phenoxy) is 1. The van der Waals surface area contributed by atoms with E-state index in [9.17, 15) is 5.11 Å². The summed E-state index contributed by atoms with van der Waals surface area (Å²) in [7, 11) is 0. The van der Waals surface area contributed by atoms with Crippen molar-refractivity contribution in [2.45, 2.75) is 33.0 Å². The quantitative estimate of drug-likeness (QED) is 0.613. The van der Waals surface area contributed by atoms with Crippen LogP contribution in [0.4, 0.5) is 0 Å². The van der Waals surface area contributed by atoms with Gasteiger partial charge in [0, 0.05) is 13.1 Å². The molecule has 3 aromatic rings. The average molecular weight is 365 g/mol. The minimum absolute atomic E-state index is 0.257. The van der Waals surface area contributed by atoms with Crippen LogP contribution in [0.2, 0.25) is 0 Å². The third-order valence-corrected chi connectivity index (χ3v) is 4.44. The first-order valence-electron chi connectivity index (χ1n) is 9.27. The van der Waals surface area contributed by atoms with E-state index in [1.807, 2.05) is 43.3 Å². The van der Waals surface area contributed by atoms with Gasteiger partial charge in [-0.15, -0.1) is 0 Å². The third kappa shape index (κ3) is 5.98. The molecule has 2 aromatic carbocycles. The van der Waals surface area contributed by atoms with Gasteiger partial charge in [-0.2, -0.15) is 0 Å². The van der Waals surface area contributed by atoms with Gasteiger partial charge in [0.1, 0.15) is 24.2 Å². The molecule has 0 fully saturated rings. The van der Waals surface area contributed by atoms with Crippen LogP contribution in [0.25, 0.3) is 0 Å². The summed E-state index contributed by atoms with van der Waals surface area (Å²) in [6.45, 7) is 6.23. The van der Waals surface area contributed by atoms with E-state index in [2.05, 4.69) is 36.1 Å². The van der Waals surface area contributed by atoms with Crippen LogP contribution >= 0.6 is 0 Å². The molecule has 0 amide bonds. The predicted octanol–water partition coefficient (Wildman–Crippen LogP) is 4.34. The number of rotatable bonds is 9. The molecular formula is C23H27NO3. The molecule has 0 aliphatic carbocycles. The average Bonchev–Trinajstić information content (AvgIpc) is 3.14. The molecule has 142 valence electrons. The first-order valence-corrected chi connectivity index (χ1v) is 9.27. The van der Waals surface area contributed by atoms with Gasteiger partial charge < -0.3 is 14.3 Å². The van der Waals surface area contributed by atoms with Gasteiger partial charge in [0.05, 0.1) is 12.8 Å². The lowest BCUT2D eigenvalue weighted by atomic mass is 10.1. The molecule has 0 aliphatic rings. The van der Waals surface area contributed by atoms with E-state index in [0.29, 0.717) is 13.1 Å². The van der Waals surface area contributed by atoms with Crippen LogP contribution in [0.15, 0.2) is 71.3 Å². The molecule has 0 unspecified atom stereocenters. The van der Waals surface area contributed by atoms with Crippen LogP contribution in [0.1, 0.15) is 22.5 Å². The van der Waals surface area contributed by atoms with E-state index in [0.717, 1.165) is 23.6 Å². The fourth-order valence-electron chi connectivity index (χ4n) is 3.13. The number of benzene rings is 2. The molecule has 1 heterocycles. The van der Waals surface area contributed by atoms with Crippen molar-refractivity contribution >= 4 is 0 Å². The highest BCUT2D eigenvalue weighted by Gasteiger charge is 2.15. The second-order valence-corrected chi connectivity index (χ2v) is 6.97. The Morgan fingerprint density at radius 3 is 2.59 bits per heavy atom. The maximum atomic E-state index is 10.5. The molecule has 0 saturated carbocycles. The Balaban J connectivity index is 1.62. The van der Waals surface area contributed by atoms with E-state index in [4.69, 9.17) is 9.15 Å². The highest BCUT2D eigenvalue weighted by Crippen LogP contribution is 2.17. The lowest BCUT2D eigenvalue weighted by Gasteiger charge is -2.25. The smallest absolute Gasteiger partial charge is 0.122 e. The zero-order chi connectivity index (χ0) is 19.1. The number of furan rings is 1. The highest BCUT2D eigenvalue weighted by atomic mass is 16.5. The lowest BCUT2D eigenvalue weighted by molar-refractivity contribution is 0.0602. The largest absolute Gasteiger partial charge is 0.491 e. The zero-order valence-electron chi connectivity index (χ0n) is 16.0.